The van der Waals surface area contributed by atoms with E-state index >= 15 is 0 Å². The summed E-state index contributed by atoms with van der Waals surface area (Å²) in [6.07, 6.45) is 7.44. The highest BCUT2D eigenvalue weighted by Gasteiger charge is 2.62. The van der Waals surface area contributed by atoms with Gasteiger partial charge in [-0.2, -0.15) is 0 Å². The Bertz CT molecular complexity index is 1870. The van der Waals surface area contributed by atoms with Crippen LogP contribution in [-0.2, 0) is 39.5 Å². The van der Waals surface area contributed by atoms with Crippen LogP contribution in [0.4, 0.5) is 9.18 Å². The number of alkyl carbamates (subject to hydrolysis) is 1. The van der Waals surface area contributed by atoms with E-state index in [-0.39, 0.29) is 25.5 Å². The van der Waals surface area contributed by atoms with Crippen LogP contribution >= 0.6 is 0 Å². The van der Waals surface area contributed by atoms with Crippen molar-refractivity contribution in [2.24, 2.45) is 11.3 Å². The van der Waals surface area contributed by atoms with Gasteiger partial charge in [-0.15, -0.1) is 6.58 Å². The van der Waals surface area contributed by atoms with Crippen LogP contribution in [0.1, 0.15) is 77.7 Å². The summed E-state index contributed by atoms with van der Waals surface area (Å²) in [5.41, 5.74) is -2.13. The average molecular weight is 754 g/mol. The first-order valence-electron chi connectivity index (χ1n) is 18.1. The molecule has 2 aromatic rings. The van der Waals surface area contributed by atoms with Crippen molar-refractivity contribution in [2.75, 3.05) is 13.7 Å². The summed E-state index contributed by atoms with van der Waals surface area (Å²) in [7, 11) is -2.46. The number of carbonyl (C=O) groups excluding carboxylic acids is 4. The summed E-state index contributed by atoms with van der Waals surface area (Å²) in [4.78, 5) is 61.0. The lowest BCUT2D eigenvalue weighted by Gasteiger charge is -2.36. The van der Waals surface area contributed by atoms with Crippen molar-refractivity contribution in [3.05, 3.63) is 66.8 Å². The quantitative estimate of drug-likeness (QED) is 0.270. The largest absolute Gasteiger partial charge is 0.446 e. The second-order valence-corrected chi connectivity index (χ2v) is 17.7. The Kier molecular flexibility index (Phi) is 10.5. The number of likely N-dealkylation sites (tertiary alicyclic amines) is 1. The number of benzene rings is 1. The van der Waals surface area contributed by atoms with Crippen molar-refractivity contribution in [1.29, 1.82) is 0 Å². The number of amides is 4. The summed E-state index contributed by atoms with van der Waals surface area (Å²) in [5.74, 6) is -3.17. The van der Waals surface area contributed by atoms with E-state index in [0.29, 0.717) is 29.5 Å². The van der Waals surface area contributed by atoms with Crippen LogP contribution in [0.15, 0.2) is 55.4 Å². The third-order valence-corrected chi connectivity index (χ3v) is 12.8. The minimum atomic E-state index is -3.92. The molecule has 6 rings (SSSR count). The third-order valence-electron chi connectivity index (χ3n) is 11.0. The normalized spacial score (nSPS) is 26.4. The average Bonchev–Trinajstić information content (AvgIpc) is 4.00. The number of halogens is 1. The molecule has 15 heteroatoms. The number of ether oxygens (including phenoxy) is 2. The van der Waals surface area contributed by atoms with Gasteiger partial charge in [0.15, 0.2) is 0 Å². The Morgan fingerprint density at radius 3 is 2.30 bits per heavy atom. The maximum absolute atomic E-state index is 14.7. The van der Waals surface area contributed by atoms with Crippen LogP contribution in [0.5, 0.6) is 0 Å². The zero-order valence-corrected chi connectivity index (χ0v) is 31.3. The van der Waals surface area contributed by atoms with Crippen LogP contribution in [0.25, 0.3) is 11.1 Å². The van der Waals surface area contributed by atoms with Gasteiger partial charge in [-0.25, -0.2) is 17.6 Å². The second kappa shape index (κ2) is 14.5. The lowest BCUT2D eigenvalue weighted by molar-refractivity contribution is -0.143. The molecule has 4 fully saturated rings. The zero-order valence-electron chi connectivity index (χ0n) is 30.5. The Morgan fingerprint density at radius 1 is 1.06 bits per heavy atom. The van der Waals surface area contributed by atoms with Crippen LogP contribution in [0, 0.1) is 17.2 Å². The molecular weight excluding hydrogens is 706 g/mol. The standard InChI is InChI=1S/C38H48FN5O8S/c1-6-24-19-38(24,34(47)43-53(49,50)27-15-16-27)42-32(45)30-20-37(51-5,25-13-11-23(12-14-25)28-17-18-40-21-29(28)39)22-44(30)33(46)31(36(2,3)4)41-35(48)52-26-9-7-8-10-26/h6,11-14,17-18,21,24,26-27,30-31H,1,7-10,15-16,19-20,22H2,2-5H3,(H,41,48)(H,42,45)(H,43,47)/t24-,30+,31-,37+,38-/m1/s1. The maximum Gasteiger partial charge on any atom is 0.408 e. The number of carbonyl (C=O) groups is 4. The fourth-order valence-corrected chi connectivity index (χ4v) is 8.88. The molecule has 5 atom stereocenters. The van der Waals surface area contributed by atoms with Crippen LogP contribution in [0.2, 0.25) is 0 Å². The molecule has 53 heavy (non-hydrogen) atoms. The topological polar surface area (TPSA) is 173 Å². The number of sulfonamides is 1. The van der Waals surface area contributed by atoms with Crippen LogP contribution < -0.4 is 15.4 Å². The summed E-state index contributed by atoms with van der Waals surface area (Å²) < 4.78 is 54.0. The number of nitrogens with zero attached hydrogens (tertiary/aromatic N) is 2. The molecule has 0 bridgehead atoms. The molecule has 0 unspecified atom stereocenters. The number of rotatable bonds is 12. The number of nitrogens with one attached hydrogen (secondary N) is 3. The molecule has 3 aliphatic carbocycles. The highest BCUT2D eigenvalue weighted by atomic mass is 32.2. The molecule has 1 aromatic carbocycles. The van der Waals surface area contributed by atoms with E-state index in [0.717, 1.165) is 31.9 Å². The highest BCUT2D eigenvalue weighted by molar-refractivity contribution is 7.91. The molecule has 13 nitrogen and oxygen atoms in total. The molecule has 1 saturated heterocycles. The summed E-state index contributed by atoms with van der Waals surface area (Å²) in [6, 6.07) is 6.13. The van der Waals surface area contributed by atoms with Gasteiger partial charge < -0.3 is 25.0 Å². The van der Waals surface area contributed by atoms with E-state index in [2.05, 4.69) is 26.9 Å². The van der Waals surface area contributed by atoms with Gasteiger partial charge >= 0.3 is 6.09 Å². The fraction of sp³-hybridized carbons (Fsp3) is 0.553. The minimum Gasteiger partial charge on any atom is -0.446 e. The molecule has 3 N–H and O–H groups in total. The Balaban J connectivity index is 1.32. The zero-order chi connectivity index (χ0) is 38.3. The summed E-state index contributed by atoms with van der Waals surface area (Å²) in [5, 5.41) is 4.90. The van der Waals surface area contributed by atoms with Gasteiger partial charge in [0.1, 0.15) is 35.1 Å². The summed E-state index contributed by atoms with van der Waals surface area (Å²) in [6.45, 7) is 9.02. The first-order chi connectivity index (χ1) is 25.0. The van der Waals surface area contributed by atoms with Gasteiger partial charge in [0, 0.05) is 31.2 Å². The minimum absolute atomic E-state index is 0.0513. The van der Waals surface area contributed by atoms with Gasteiger partial charge in [0.05, 0.1) is 18.0 Å². The lowest BCUT2D eigenvalue weighted by atomic mass is 9.85. The van der Waals surface area contributed by atoms with Crippen molar-refractivity contribution in [2.45, 2.75) is 107 Å². The Hall–Kier alpha value is -4.37. The predicted octanol–water partition coefficient (Wildman–Crippen LogP) is 4.08. The van der Waals surface area contributed by atoms with E-state index in [4.69, 9.17) is 9.47 Å². The molecule has 4 amide bonds. The van der Waals surface area contributed by atoms with Crippen LogP contribution in [-0.4, -0.2) is 84.7 Å². The first-order valence-corrected chi connectivity index (χ1v) is 19.6. The van der Waals surface area contributed by atoms with Gasteiger partial charge in [-0.3, -0.25) is 24.1 Å². The molecule has 0 radical (unpaired) electrons. The second-order valence-electron chi connectivity index (χ2n) is 15.8. The number of hydrogen-bond acceptors (Lipinski definition) is 9. The van der Waals surface area contributed by atoms with E-state index in [1.165, 1.54) is 24.3 Å². The lowest BCUT2D eigenvalue weighted by Crippen LogP contribution is -2.60. The van der Waals surface area contributed by atoms with Crippen LogP contribution in [0.3, 0.4) is 0 Å². The monoisotopic (exact) mass is 753 g/mol. The molecule has 286 valence electrons. The Labute approximate surface area is 309 Å². The van der Waals surface area contributed by atoms with E-state index in [1.807, 2.05) is 0 Å². The van der Waals surface area contributed by atoms with Gasteiger partial charge in [-0.05, 0) is 67.6 Å². The van der Waals surface area contributed by atoms with Crippen molar-refractivity contribution in [3.8, 4) is 11.1 Å². The van der Waals surface area contributed by atoms with Gasteiger partial charge in [-0.1, -0.05) is 51.1 Å². The third kappa shape index (κ3) is 7.82. The number of pyridine rings is 1. The smallest absolute Gasteiger partial charge is 0.408 e. The predicted molar refractivity (Wildman–Crippen MR) is 193 cm³/mol. The Morgan fingerprint density at radius 2 is 1.74 bits per heavy atom. The van der Waals surface area contributed by atoms with Crippen molar-refractivity contribution < 1.29 is 41.5 Å². The van der Waals surface area contributed by atoms with Crippen molar-refractivity contribution in [1.82, 2.24) is 25.2 Å². The molecule has 1 aliphatic heterocycles. The molecule has 2 heterocycles. The molecular formula is C38H48FN5O8S. The van der Waals surface area contributed by atoms with Gasteiger partial charge in [0.2, 0.25) is 21.8 Å². The molecule has 3 saturated carbocycles. The van der Waals surface area contributed by atoms with Crippen molar-refractivity contribution >= 4 is 33.8 Å². The SMILES string of the molecule is C=C[C@@H]1C[C@]1(NC(=O)[C@@H]1C[C@@](OC)(c2ccc(-c3ccncc3F)cc2)CN1C(=O)[C@@H](NC(=O)OC1CCCC1)C(C)(C)C)C(=O)NS(=O)(=O)C1CC1. The number of hydrogen-bond donors (Lipinski definition) is 3. The molecule has 4 aliphatic rings. The van der Waals surface area contributed by atoms with E-state index < -0.39 is 79.5 Å². The molecule has 0 spiro atoms. The van der Waals surface area contributed by atoms with E-state index in [9.17, 15) is 32.0 Å². The summed E-state index contributed by atoms with van der Waals surface area (Å²) >= 11 is 0. The number of aromatic nitrogens is 1. The maximum atomic E-state index is 14.7. The molecule has 1 aromatic heterocycles. The first kappa shape index (κ1) is 38.4. The van der Waals surface area contributed by atoms with Crippen molar-refractivity contribution in [3.63, 3.8) is 0 Å². The fourth-order valence-electron chi connectivity index (χ4n) is 7.52. The van der Waals surface area contributed by atoms with E-state index in [1.54, 1.807) is 51.1 Å². The highest BCUT2D eigenvalue weighted by Crippen LogP contribution is 2.47. The van der Waals surface area contributed by atoms with Gasteiger partial charge in [0.25, 0.3) is 5.91 Å². The number of methoxy groups -OCH3 is 1.